The van der Waals surface area contributed by atoms with Crippen molar-refractivity contribution in [2.75, 3.05) is 11.9 Å². The van der Waals surface area contributed by atoms with Gasteiger partial charge >= 0.3 is 0 Å². The van der Waals surface area contributed by atoms with Crippen molar-refractivity contribution < 1.29 is 4.79 Å². The number of nitrogens with zero attached hydrogens (tertiary/aromatic N) is 1. The van der Waals surface area contributed by atoms with E-state index < -0.39 is 0 Å². The number of benzene rings is 2. The molecule has 0 radical (unpaired) electrons. The van der Waals surface area contributed by atoms with Crippen LogP contribution in [0.3, 0.4) is 0 Å². The maximum absolute atomic E-state index is 12.1. The number of carbonyl (C=O) groups is 1. The minimum Gasteiger partial charge on any atom is -0.376 e. The van der Waals surface area contributed by atoms with Crippen molar-refractivity contribution in [1.82, 2.24) is 5.43 Å². The average molecular weight is 323 g/mol. The van der Waals surface area contributed by atoms with Crippen LogP contribution in [0.4, 0.5) is 5.69 Å². The summed E-state index contributed by atoms with van der Waals surface area (Å²) in [5, 5.41) is 7.46. The second-order valence-electron chi connectivity index (χ2n) is 5.88. The van der Waals surface area contributed by atoms with E-state index >= 15 is 0 Å². The van der Waals surface area contributed by atoms with Crippen LogP contribution < -0.4 is 10.7 Å². The molecule has 2 N–H and O–H groups in total. The van der Waals surface area contributed by atoms with Gasteiger partial charge in [-0.15, -0.1) is 0 Å². The lowest BCUT2D eigenvalue weighted by Crippen LogP contribution is -2.27. The maximum Gasteiger partial charge on any atom is 0.259 e. The smallest absolute Gasteiger partial charge is 0.259 e. The highest BCUT2D eigenvalue weighted by Crippen LogP contribution is 2.15. The molecule has 0 saturated carbocycles. The highest BCUT2D eigenvalue weighted by atomic mass is 16.2. The zero-order valence-corrected chi connectivity index (χ0v) is 14.6. The molecule has 0 fully saturated rings. The molecule has 126 valence electrons. The van der Waals surface area contributed by atoms with Crippen molar-refractivity contribution >= 4 is 17.3 Å². The number of carbonyl (C=O) groups excluding carboxylic acids is 1. The molecule has 0 aromatic heterocycles. The topological polar surface area (TPSA) is 53.5 Å². The molecule has 2 aromatic rings. The SMILES string of the molecule is CCC/C(=N/NC(=O)CNc1ccc(C)cc1C)c1ccccc1. The van der Waals surface area contributed by atoms with Gasteiger partial charge in [0.1, 0.15) is 0 Å². The van der Waals surface area contributed by atoms with Gasteiger partial charge in [-0.1, -0.05) is 61.4 Å². The maximum atomic E-state index is 12.1. The van der Waals surface area contributed by atoms with E-state index in [4.69, 9.17) is 0 Å². The van der Waals surface area contributed by atoms with Crippen molar-refractivity contribution in [3.8, 4) is 0 Å². The van der Waals surface area contributed by atoms with Crippen LogP contribution in [0.5, 0.6) is 0 Å². The molecule has 0 saturated heterocycles. The largest absolute Gasteiger partial charge is 0.376 e. The summed E-state index contributed by atoms with van der Waals surface area (Å²) >= 11 is 0. The molecule has 1 amide bonds. The molecular weight excluding hydrogens is 298 g/mol. The van der Waals surface area contributed by atoms with Gasteiger partial charge in [0.25, 0.3) is 5.91 Å². The second kappa shape index (κ2) is 8.87. The molecule has 4 nitrogen and oxygen atoms in total. The van der Waals surface area contributed by atoms with Gasteiger partial charge in [0.2, 0.25) is 0 Å². The van der Waals surface area contributed by atoms with Gasteiger partial charge in [-0.2, -0.15) is 5.10 Å². The van der Waals surface area contributed by atoms with Crippen molar-refractivity contribution in [2.24, 2.45) is 5.10 Å². The van der Waals surface area contributed by atoms with E-state index in [2.05, 4.69) is 35.8 Å². The van der Waals surface area contributed by atoms with Gasteiger partial charge in [0.05, 0.1) is 12.3 Å². The van der Waals surface area contributed by atoms with Gasteiger partial charge in [-0.3, -0.25) is 4.79 Å². The van der Waals surface area contributed by atoms with Gasteiger partial charge in [-0.25, -0.2) is 5.43 Å². The number of hydrazone groups is 1. The van der Waals surface area contributed by atoms with Crippen LogP contribution in [0.2, 0.25) is 0 Å². The van der Waals surface area contributed by atoms with E-state index in [-0.39, 0.29) is 12.5 Å². The van der Waals surface area contributed by atoms with E-state index in [9.17, 15) is 4.79 Å². The number of hydrogen-bond acceptors (Lipinski definition) is 3. The first kappa shape index (κ1) is 17.7. The number of aryl methyl sites for hydroxylation is 2. The fraction of sp³-hybridized carbons (Fsp3) is 0.300. The summed E-state index contributed by atoms with van der Waals surface area (Å²) in [7, 11) is 0. The molecule has 0 heterocycles. The summed E-state index contributed by atoms with van der Waals surface area (Å²) in [4.78, 5) is 12.1. The lowest BCUT2D eigenvalue weighted by molar-refractivity contribution is -0.119. The highest BCUT2D eigenvalue weighted by molar-refractivity contribution is 6.01. The summed E-state index contributed by atoms with van der Waals surface area (Å²) in [6.45, 7) is 6.38. The summed E-state index contributed by atoms with van der Waals surface area (Å²) in [5.74, 6) is -0.153. The molecule has 0 bridgehead atoms. The van der Waals surface area contributed by atoms with Crippen molar-refractivity contribution in [2.45, 2.75) is 33.6 Å². The Kier molecular flexibility index (Phi) is 6.55. The van der Waals surface area contributed by atoms with Crippen LogP contribution in [0.1, 0.15) is 36.5 Å². The Bertz CT molecular complexity index is 708. The van der Waals surface area contributed by atoms with E-state index in [1.165, 1.54) is 5.56 Å². The molecule has 0 spiro atoms. The van der Waals surface area contributed by atoms with Crippen LogP contribution in [0.25, 0.3) is 0 Å². The van der Waals surface area contributed by atoms with Crippen LogP contribution in [-0.4, -0.2) is 18.2 Å². The second-order valence-corrected chi connectivity index (χ2v) is 5.88. The zero-order valence-electron chi connectivity index (χ0n) is 14.6. The number of rotatable bonds is 7. The summed E-state index contributed by atoms with van der Waals surface area (Å²) in [5.41, 5.74) is 7.90. The van der Waals surface area contributed by atoms with Gasteiger partial charge in [0.15, 0.2) is 0 Å². The molecule has 0 aliphatic rings. The summed E-state index contributed by atoms with van der Waals surface area (Å²) in [6.07, 6.45) is 1.80. The molecule has 4 heteroatoms. The zero-order chi connectivity index (χ0) is 17.4. The number of hydrogen-bond donors (Lipinski definition) is 2. The predicted molar refractivity (Wildman–Crippen MR) is 100 cm³/mol. The quantitative estimate of drug-likeness (QED) is 0.597. The predicted octanol–water partition coefficient (Wildman–Crippen LogP) is 4.04. The third-order valence-electron chi connectivity index (χ3n) is 3.73. The van der Waals surface area contributed by atoms with Crippen LogP contribution >= 0.6 is 0 Å². The fourth-order valence-electron chi connectivity index (χ4n) is 2.49. The van der Waals surface area contributed by atoms with Gasteiger partial charge < -0.3 is 5.32 Å². The van der Waals surface area contributed by atoms with E-state index in [1.54, 1.807) is 0 Å². The lowest BCUT2D eigenvalue weighted by atomic mass is 10.1. The number of anilines is 1. The summed E-state index contributed by atoms with van der Waals surface area (Å²) < 4.78 is 0. The standard InChI is InChI=1S/C20H25N3O/c1-4-8-19(17-9-6-5-7-10-17)22-23-20(24)14-21-18-12-11-15(2)13-16(18)3/h5-7,9-13,21H,4,8,14H2,1-3H3,(H,23,24)/b22-19-. The first-order valence-electron chi connectivity index (χ1n) is 8.32. The fourth-order valence-corrected chi connectivity index (χ4v) is 2.49. The highest BCUT2D eigenvalue weighted by Gasteiger charge is 2.05. The van der Waals surface area contributed by atoms with Gasteiger partial charge in [0, 0.05) is 5.69 Å². The van der Waals surface area contributed by atoms with Crippen molar-refractivity contribution in [1.29, 1.82) is 0 Å². The Morgan fingerprint density at radius 1 is 1.08 bits per heavy atom. The third-order valence-corrected chi connectivity index (χ3v) is 3.73. The lowest BCUT2D eigenvalue weighted by Gasteiger charge is -2.10. The molecule has 2 rings (SSSR count). The number of amides is 1. The molecule has 0 unspecified atom stereocenters. The number of nitrogens with one attached hydrogen (secondary N) is 2. The van der Waals surface area contributed by atoms with Gasteiger partial charge in [-0.05, 0) is 37.5 Å². The monoisotopic (exact) mass is 323 g/mol. The molecule has 0 aliphatic heterocycles. The Hall–Kier alpha value is -2.62. The van der Waals surface area contributed by atoms with E-state index in [0.717, 1.165) is 35.4 Å². The Morgan fingerprint density at radius 3 is 2.50 bits per heavy atom. The summed E-state index contributed by atoms with van der Waals surface area (Å²) in [6, 6.07) is 16.1. The molecular formula is C20H25N3O. The minimum absolute atomic E-state index is 0.153. The Balaban J connectivity index is 1.95. The normalized spacial score (nSPS) is 11.2. The van der Waals surface area contributed by atoms with E-state index in [0.29, 0.717) is 0 Å². The van der Waals surface area contributed by atoms with Crippen LogP contribution in [-0.2, 0) is 4.79 Å². The molecule has 0 aliphatic carbocycles. The Labute approximate surface area is 144 Å². The van der Waals surface area contributed by atoms with Crippen molar-refractivity contribution in [3.63, 3.8) is 0 Å². The first-order valence-corrected chi connectivity index (χ1v) is 8.32. The first-order chi connectivity index (χ1) is 11.6. The molecule has 24 heavy (non-hydrogen) atoms. The Morgan fingerprint density at radius 2 is 1.83 bits per heavy atom. The third kappa shape index (κ3) is 5.23. The molecule has 0 atom stereocenters. The van der Waals surface area contributed by atoms with Crippen LogP contribution in [0, 0.1) is 13.8 Å². The van der Waals surface area contributed by atoms with Crippen LogP contribution in [0.15, 0.2) is 53.6 Å². The van der Waals surface area contributed by atoms with E-state index in [1.807, 2.05) is 49.4 Å². The average Bonchev–Trinajstić information content (AvgIpc) is 2.58. The molecule has 2 aromatic carbocycles. The minimum atomic E-state index is -0.153. The van der Waals surface area contributed by atoms with Crippen molar-refractivity contribution in [3.05, 3.63) is 65.2 Å².